The van der Waals surface area contributed by atoms with Crippen LogP contribution in [0.5, 0.6) is 0 Å². The van der Waals surface area contributed by atoms with Crippen LogP contribution < -0.4 is 5.73 Å². The Labute approximate surface area is 133 Å². The molecule has 0 radical (unpaired) electrons. The summed E-state index contributed by atoms with van der Waals surface area (Å²) in [6.07, 6.45) is 2.14. The predicted octanol–water partition coefficient (Wildman–Crippen LogP) is 4.98. The molecule has 2 aromatic rings. The fourth-order valence-corrected chi connectivity index (χ4v) is 4.50. The standard InChI is InChI=1S/C13H17ClN2S2.ClH/c1-3-10(6-8(2)15)17-13-16-11-7-9(14)4-5-12(11)18-13;/h4-5,7-8,10H,3,6,15H2,1-2H3;1H/t8?,10-;/m1./s1. The molecule has 1 heterocycles. The lowest BCUT2D eigenvalue weighted by atomic mass is 10.1. The lowest BCUT2D eigenvalue weighted by molar-refractivity contribution is 0.628. The lowest BCUT2D eigenvalue weighted by Crippen LogP contribution is -2.20. The van der Waals surface area contributed by atoms with Crippen molar-refractivity contribution in [3.8, 4) is 0 Å². The average Bonchev–Trinajstić information content (AvgIpc) is 2.68. The number of thiazole rings is 1. The third-order valence-corrected chi connectivity index (χ3v) is 5.44. The van der Waals surface area contributed by atoms with Gasteiger partial charge in [0.1, 0.15) is 0 Å². The van der Waals surface area contributed by atoms with E-state index in [4.69, 9.17) is 17.3 Å². The number of hydrogen-bond acceptors (Lipinski definition) is 4. The van der Waals surface area contributed by atoms with Crippen molar-refractivity contribution >= 4 is 57.3 Å². The SMILES string of the molecule is CC[C@H](CC(C)N)Sc1nc2cc(Cl)ccc2s1.Cl. The minimum Gasteiger partial charge on any atom is -0.328 e. The van der Waals surface area contributed by atoms with Crippen LogP contribution in [-0.4, -0.2) is 16.3 Å². The average molecular weight is 337 g/mol. The van der Waals surface area contributed by atoms with Crippen molar-refractivity contribution in [2.45, 2.75) is 42.3 Å². The number of nitrogens with zero attached hydrogens (tertiary/aromatic N) is 1. The number of benzene rings is 1. The van der Waals surface area contributed by atoms with Gasteiger partial charge in [-0.1, -0.05) is 30.3 Å². The molecule has 2 rings (SSSR count). The number of halogens is 2. The van der Waals surface area contributed by atoms with Crippen LogP contribution in [0, 0.1) is 0 Å². The minimum atomic E-state index is 0. The van der Waals surface area contributed by atoms with Gasteiger partial charge in [-0.15, -0.1) is 23.7 Å². The van der Waals surface area contributed by atoms with E-state index in [0.29, 0.717) is 5.25 Å². The molecule has 0 aliphatic rings. The van der Waals surface area contributed by atoms with Crippen molar-refractivity contribution in [2.75, 3.05) is 0 Å². The summed E-state index contributed by atoms with van der Waals surface area (Å²) in [5, 5.41) is 1.29. The summed E-state index contributed by atoms with van der Waals surface area (Å²) in [7, 11) is 0. The van der Waals surface area contributed by atoms with Gasteiger partial charge in [-0.05, 0) is 38.0 Å². The summed E-state index contributed by atoms with van der Waals surface area (Å²) in [5.41, 5.74) is 6.86. The second kappa shape index (κ2) is 7.70. The molecule has 1 aromatic heterocycles. The van der Waals surface area contributed by atoms with Gasteiger partial charge in [-0.2, -0.15) is 0 Å². The number of nitrogens with two attached hydrogens (primary N) is 1. The van der Waals surface area contributed by atoms with E-state index in [0.717, 1.165) is 27.7 Å². The first-order valence-electron chi connectivity index (χ1n) is 6.06. The van der Waals surface area contributed by atoms with Crippen molar-refractivity contribution in [2.24, 2.45) is 5.73 Å². The molecule has 0 amide bonds. The van der Waals surface area contributed by atoms with Crippen LogP contribution in [0.15, 0.2) is 22.5 Å². The number of hydrogen-bond donors (Lipinski definition) is 1. The van der Waals surface area contributed by atoms with Crippen LogP contribution in [0.1, 0.15) is 26.7 Å². The maximum absolute atomic E-state index is 5.97. The van der Waals surface area contributed by atoms with Crippen molar-refractivity contribution in [3.63, 3.8) is 0 Å². The van der Waals surface area contributed by atoms with Gasteiger partial charge >= 0.3 is 0 Å². The van der Waals surface area contributed by atoms with Gasteiger partial charge in [-0.25, -0.2) is 4.98 Å². The maximum atomic E-state index is 5.97. The highest BCUT2D eigenvalue weighted by molar-refractivity contribution is 8.01. The normalized spacial score (nSPS) is 14.1. The summed E-state index contributed by atoms with van der Waals surface area (Å²) >= 11 is 9.53. The quantitative estimate of drug-likeness (QED) is 0.782. The van der Waals surface area contributed by atoms with Crippen LogP contribution >= 0.6 is 47.1 Å². The molecular weight excluding hydrogens is 319 g/mol. The molecule has 19 heavy (non-hydrogen) atoms. The zero-order valence-electron chi connectivity index (χ0n) is 10.9. The maximum Gasteiger partial charge on any atom is 0.151 e. The van der Waals surface area contributed by atoms with Gasteiger partial charge in [0.25, 0.3) is 0 Å². The van der Waals surface area contributed by atoms with E-state index in [1.54, 1.807) is 11.3 Å². The smallest absolute Gasteiger partial charge is 0.151 e. The van der Waals surface area contributed by atoms with Crippen LogP contribution in [-0.2, 0) is 0 Å². The monoisotopic (exact) mass is 336 g/mol. The zero-order chi connectivity index (χ0) is 13.1. The van der Waals surface area contributed by atoms with Crippen molar-refractivity contribution in [1.29, 1.82) is 0 Å². The first-order chi connectivity index (χ1) is 8.58. The number of aromatic nitrogens is 1. The Kier molecular flexibility index (Phi) is 6.91. The van der Waals surface area contributed by atoms with Gasteiger partial charge in [0.15, 0.2) is 4.34 Å². The second-order valence-corrected chi connectivity index (χ2v) is 7.47. The Morgan fingerprint density at radius 2 is 2.21 bits per heavy atom. The summed E-state index contributed by atoms with van der Waals surface area (Å²) < 4.78 is 2.30. The Hall–Kier alpha value is -0.0000000000000000555. The minimum absolute atomic E-state index is 0. The molecule has 0 saturated carbocycles. The molecule has 1 aromatic carbocycles. The molecule has 0 bridgehead atoms. The topological polar surface area (TPSA) is 38.9 Å². The summed E-state index contributed by atoms with van der Waals surface area (Å²) in [4.78, 5) is 4.62. The highest BCUT2D eigenvalue weighted by atomic mass is 35.5. The molecule has 2 N–H and O–H groups in total. The summed E-state index contributed by atoms with van der Waals surface area (Å²) in [5.74, 6) is 0. The Balaban J connectivity index is 0.00000180. The molecule has 0 spiro atoms. The predicted molar refractivity (Wildman–Crippen MR) is 90.1 cm³/mol. The van der Waals surface area contributed by atoms with Crippen molar-refractivity contribution in [1.82, 2.24) is 4.98 Å². The number of rotatable bonds is 5. The van der Waals surface area contributed by atoms with Crippen LogP contribution in [0.4, 0.5) is 0 Å². The largest absolute Gasteiger partial charge is 0.328 e. The van der Waals surface area contributed by atoms with E-state index < -0.39 is 0 Å². The molecule has 1 unspecified atom stereocenters. The van der Waals surface area contributed by atoms with Gasteiger partial charge in [0.05, 0.1) is 10.2 Å². The van der Waals surface area contributed by atoms with E-state index in [1.807, 2.05) is 30.0 Å². The molecule has 0 aliphatic heterocycles. The van der Waals surface area contributed by atoms with Gasteiger partial charge in [0.2, 0.25) is 0 Å². The Morgan fingerprint density at radius 1 is 1.47 bits per heavy atom. The molecule has 2 atom stereocenters. The van der Waals surface area contributed by atoms with Crippen LogP contribution in [0.3, 0.4) is 0 Å². The second-order valence-electron chi connectivity index (χ2n) is 4.45. The molecule has 2 nitrogen and oxygen atoms in total. The van der Waals surface area contributed by atoms with E-state index in [9.17, 15) is 0 Å². The zero-order valence-corrected chi connectivity index (χ0v) is 14.1. The summed E-state index contributed by atoms with van der Waals surface area (Å²) in [6.45, 7) is 4.26. The highest BCUT2D eigenvalue weighted by Crippen LogP contribution is 2.35. The van der Waals surface area contributed by atoms with Crippen LogP contribution in [0.25, 0.3) is 10.2 Å². The number of thioether (sulfide) groups is 1. The van der Waals surface area contributed by atoms with E-state index >= 15 is 0 Å². The fraction of sp³-hybridized carbons (Fsp3) is 0.462. The summed E-state index contributed by atoms with van der Waals surface area (Å²) in [6, 6.07) is 6.11. The van der Waals surface area contributed by atoms with Crippen LogP contribution in [0.2, 0.25) is 5.02 Å². The highest BCUT2D eigenvalue weighted by Gasteiger charge is 2.13. The van der Waals surface area contributed by atoms with Gasteiger partial charge < -0.3 is 5.73 Å². The fourth-order valence-electron chi connectivity index (χ4n) is 1.79. The molecule has 0 saturated heterocycles. The first-order valence-corrected chi connectivity index (χ1v) is 8.14. The molecule has 0 aliphatic carbocycles. The third kappa shape index (κ3) is 4.80. The van der Waals surface area contributed by atoms with E-state index in [-0.39, 0.29) is 18.4 Å². The Bertz CT molecular complexity index is 528. The molecule has 0 fully saturated rings. The third-order valence-electron chi connectivity index (χ3n) is 2.69. The van der Waals surface area contributed by atoms with E-state index in [1.165, 1.54) is 4.70 Å². The first kappa shape index (κ1) is 17.1. The lowest BCUT2D eigenvalue weighted by Gasteiger charge is -2.14. The van der Waals surface area contributed by atoms with Gasteiger partial charge in [-0.3, -0.25) is 0 Å². The van der Waals surface area contributed by atoms with Gasteiger partial charge in [0, 0.05) is 16.3 Å². The molecule has 106 valence electrons. The number of fused-ring (bicyclic) bond motifs is 1. The van der Waals surface area contributed by atoms with E-state index in [2.05, 4.69) is 18.8 Å². The molecule has 6 heteroatoms. The Morgan fingerprint density at radius 3 is 2.84 bits per heavy atom. The van der Waals surface area contributed by atoms with Crippen molar-refractivity contribution < 1.29 is 0 Å². The van der Waals surface area contributed by atoms with Crippen molar-refractivity contribution in [3.05, 3.63) is 23.2 Å². The molecular formula is C13H18Cl2N2S2.